The number of hydrogen-bond donors (Lipinski definition) is 3. The molecule has 9 heteroatoms. The van der Waals surface area contributed by atoms with Crippen LogP contribution in [0.1, 0.15) is 85.5 Å². The highest BCUT2D eigenvalue weighted by Gasteiger charge is 2.64. The molecule has 1 heterocycles. The van der Waals surface area contributed by atoms with Crippen molar-refractivity contribution in [3.8, 4) is 0 Å². The first-order valence-corrected chi connectivity index (χ1v) is 16.9. The van der Waals surface area contributed by atoms with E-state index in [1.54, 1.807) is 12.1 Å². The van der Waals surface area contributed by atoms with Gasteiger partial charge in [0.1, 0.15) is 0 Å². The topological polar surface area (TPSA) is 126 Å². The van der Waals surface area contributed by atoms with Crippen LogP contribution in [-0.2, 0) is 14.8 Å². The zero-order valence-electron chi connectivity index (χ0n) is 24.5. The van der Waals surface area contributed by atoms with Gasteiger partial charge in [-0.05, 0) is 116 Å². The molecule has 0 radical (unpaired) electrons. The third-order valence-electron chi connectivity index (χ3n) is 12.1. The summed E-state index contributed by atoms with van der Waals surface area (Å²) >= 11 is 0. The Labute approximate surface area is 239 Å². The van der Waals surface area contributed by atoms with E-state index in [2.05, 4.69) is 32.7 Å². The van der Waals surface area contributed by atoms with Crippen molar-refractivity contribution in [1.29, 1.82) is 0 Å². The molecule has 4 aliphatic rings. The number of nitrogens with one attached hydrogen (secondary N) is 1. The summed E-state index contributed by atoms with van der Waals surface area (Å²) in [5.74, 6) is 2.69. The summed E-state index contributed by atoms with van der Waals surface area (Å²) in [6, 6.07) is 4.48. The number of nitrogens with zero attached hydrogens (tertiary/aromatic N) is 1. The van der Waals surface area contributed by atoms with E-state index in [-0.39, 0.29) is 40.6 Å². The Kier molecular flexibility index (Phi) is 8.32. The normalized spacial score (nSPS) is 41.8. The van der Waals surface area contributed by atoms with Crippen molar-refractivity contribution in [1.82, 2.24) is 9.71 Å². The van der Waals surface area contributed by atoms with Gasteiger partial charge in [0.25, 0.3) is 10.0 Å². The minimum atomic E-state index is -4.06. The largest absolute Gasteiger partial charge is 0.449 e. The van der Waals surface area contributed by atoms with Crippen LogP contribution in [0.3, 0.4) is 0 Å². The first-order chi connectivity index (χ1) is 18.9. The van der Waals surface area contributed by atoms with Gasteiger partial charge in [0.15, 0.2) is 5.03 Å². The average Bonchev–Trinajstić information content (AvgIpc) is 3.27. The van der Waals surface area contributed by atoms with E-state index < -0.39 is 16.1 Å². The van der Waals surface area contributed by atoms with E-state index in [9.17, 15) is 23.4 Å². The molecule has 224 valence electrons. The van der Waals surface area contributed by atoms with Crippen molar-refractivity contribution in [2.75, 3.05) is 6.61 Å². The van der Waals surface area contributed by atoms with Crippen LogP contribution in [0, 0.1) is 52.3 Å². The molecule has 0 bridgehead atoms. The van der Waals surface area contributed by atoms with Gasteiger partial charge in [-0.15, -0.1) is 0 Å². The molecule has 3 N–H and O–H groups in total. The number of fused-ring (bicyclic) bond motifs is 5. The van der Waals surface area contributed by atoms with Crippen molar-refractivity contribution in [2.24, 2.45) is 52.3 Å². The van der Waals surface area contributed by atoms with Crippen LogP contribution in [0.15, 0.2) is 29.4 Å². The lowest BCUT2D eigenvalue weighted by molar-refractivity contribution is -0.203. The molecule has 11 atom stereocenters. The SMILES string of the molecule is CC[C@@H]1C2C[C@H](O)CCC2(C)[C@H]2CCC3(C)[C@@H]([C@H](C)CCOC(=O)NS(=O)(=O)c4ccccn4)CC[C@H]3[C@H]2[C@@H]1O. The Morgan fingerprint density at radius 1 is 1.10 bits per heavy atom. The smallest absolute Gasteiger partial charge is 0.421 e. The predicted molar refractivity (Wildman–Crippen MR) is 151 cm³/mol. The first-order valence-electron chi connectivity index (χ1n) is 15.4. The second-order valence-corrected chi connectivity index (χ2v) is 15.4. The fourth-order valence-corrected chi connectivity index (χ4v) is 11.0. The van der Waals surface area contributed by atoms with Gasteiger partial charge < -0.3 is 14.9 Å². The Hall–Kier alpha value is -1.71. The van der Waals surface area contributed by atoms with Crippen molar-refractivity contribution < 1.29 is 28.2 Å². The second-order valence-electron chi connectivity index (χ2n) is 13.8. The van der Waals surface area contributed by atoms with E-state index in [4.69, 9.17) is 4.74 Å². The molecule has 4 aliphatic carbocycles. The molecule has 8 nitrogen and oxygen atoms in total. The van der Waals surface area contributed by atoms with Gasteiger partial charge in [-0.3, -0.25) is 0 Å². The molecule has 1 aromatic heterocycles. The minimum absolute atomic E-state index is 0.127. The molecule has 0 aliphatic heterocycles. The van der Waals surface area contributed by atoms with Crippen LogP contribution in [0.5, 0.6) is 0 Å². The summed E-state index contributed by atoms with van der Waals surface area (Å²) in [7, 11) is -4.06. The number of aliphatic hydroxyl groups excluding tert-OH is 2. The molecule has 4 saturated carbocycles. The number of pyridine rings is 1. The lowest BCUT2D eigenvalue weighted by Crippen LogP contribution is -2.62. The van der Waals surface area contributed by atoms with Gasteiger partial charge in [-0.2, -0.15) is 8.42 Å². The van der Waals surface area contributed by atoms with E-state index in [0.717, 1.165) is 51.4 Å². The van der Waals surface area contributed by atoms with Gasteiger partial charge in [0.05, 0.1) is 18.8 Å². The molecule has 4 fully saturated rings. The maximum Gasteiger partial charge on any atom is 0.421 e. The van der Waals surface area contributed by atoms with Crippen molar-refractivity contribution >= 4 is 16.1 Å². The number of amides is 1. The molecule has 0 saturated heterocycles. The summed E-state index contributed by atoms with van der Waals surface area (Å²) in [5, 5.41) is 22.2. The Morgan fingerprint density at radius 3 is 2.52 bits per heavy atom. The zero-order chi connectivity index (χ0) is 28.9. The molecule has 40 heavy (non-hydrogen) atoms. The standard InChI is InChI=1S/C31H48N2O6S/c1-5-21-25-18-20(34)11-14-31(25,4)24-12-15-30(3)22(9-10-23(30)27(24)28(21)35)19(2)13-17-39-29(36)33-40(37,38)26-8-6-7-16-32-26/h6-8,16,19-25,27-28,34-35H,5,9-15,17-18H2,1-4H3,(H,33,36)/t19-,20-,21-,22-,23+,24+,25?,27-,28-,30?,31?/m1/s1. The first kappa shape index (κ1) is 29.8. The number of ether oxygens (including phenoxy) is 1. The fraction of sp³-hybridized carbons (Fsp3) is 0.806. The molecule has 1 aromatic rings. The number of hydrogen-bond acceptors (Lipinski definition) is 7. The van der Waals surface area contributed by atoms with Gasteiger partial charge in [0, 0.05) is 6.20 Å². The maximum absolute atomic E-state index is 12.4. The van der Waals surface area contributed by atoms with Gasteiger partial charge >= 0.3 is 6.09 Å². The molecular weight excluding hydrogens is 528 g/mol. The van der Waals surface area contributed by atoms with E-state index >= 15 is 0 Å². The van der Waals surface area contributed by atoms with Gasteiger partial charge in [-0.25, -0.2) is 14.5 Å². The fourth-order valence-electron chi connectivity index (χ4n) is 10.2. The molecule has 3 unspecified atom stereocenters. The lowest BCUT2D eigenvalue weighted by Gasteiger charge is -2.64. The third kappa shape index (κ3) is 5.08. The van der Waals surface area contributed by atoms with Crippen LogP contribution in [0.4, 0.5) is 4.79 Å². The number of sulfonamides is 1. The molecule has 0 spiro atoms. The number of aliphatic hydroxyl groups is 2. The summed E-state index contributed by atoms with van der Waals surface area (Å²) < 4.78 is 32.0. The quantitative estimate of drug-likeness (QED) is 0.410. The summed E-state index contributed by atoms with van der Waals surface area (Å²) in [6.07, 6.45) is 8.70. The Balaban J connectivity index is 1.22. The summed E-state index contributed by atoms with van der Waals surface area (Å²) in [6.45, 7) is 9.47. The van der Waals surface area contributed by atoms with Crippen molar-refractivity contribution in [3.63, 3.8) is 0 Å². The second kappa shape index (κ2) is 11.2. The highest BCUT2D eigenvalue weighted by molar-refractivity contribution is 7.90. The number of aromatic nitrogens is 1. The highest BCUT2D eigenvalue weighted by atomic mass is 32.2. The monoisotopic (exact) mass is 576 g/mol. The van der Waals surface area contributed by atoms with Crippen LogP contribution in [0.2, 0.25) is 0 Å². The lowest BCUT2D eigenvalue weighted by atomic mass is 9.41. The minimum Gasteiger partial charge on any atom is -0.449 e. The Morgan fingerprint density at radius 2 is 1.82 bits per heavy atom. The number of carbonyl (C=O) groups excluding carboxylic acids is 1. The van der Waals surface area contributed by atoms with Gasteiger partial charge in [0.2, 0.25) is 0 Å². The molecule has 0 aromatic carbocycles. The van der Waals surface area contributed by atoms with Gasteiger partial charge in [-0.1, -0.05) is 40.2 Å². The predicted octanol–water partition coefficient (Wildman–Crippen LogP) is 5.15. The summed E-state index contributed by atoms with van der Waals surface area (Å²) in [4.78, 5) is 16.1. The molecule has 5 rings (SSSR count). The molecular formula is C31H48N2O6S. The number of rotatable bonds is 7. The summed E-state index contributed by atoms with van der Waals surface area (Å²) in [5.41, 5.74) is 0.313. The molecule has 1 amide bonds. The zero-order valence-corrected chi connectivity index (χ0v) is 25.3. The average molecular weight is 577 g/mol. The van der Waals surface area contributed by atoms with Crippen molar-refractivity contribution in [2.45, 2.75) is 103 Å². The van der Waals surface area contributed by atoms with Crippen LogP contribution < -0.4 is 4.72 Å². The van der Waals surface area contributed by atoms with Crippen LogP contribution >= 0.6 is 0 Å². The van der Waals surface area contributed by atoms with E-state index in [1.807, 2.05) is 4.72 Å². The number of carbonyl (C=O) groups is 1. The van der Waals surface area contributed by atoms with E-state index in [0.29, 0.717) is 41.9 Å². The Bertz CT molecular complexity index is 1160. The third-order valence-corrected chi connectivity index (χ3v) is 13.3. The van der Waals surface area contributed by atoms with E-state index in [1.165, 1.54) is 12.3 Å². The van der Waals surface area contributed by atoms with Crippen molar-refractivity contribution in [3.05, 3.63) is 24.4 Å². The van der Waals surface area contributed by atoms with Crippen LogP contribution in [0.25, 0.3) is 0 Å². The van der Waals surface area contributed by atoms with Crippen LogP contribution in [-0.4, -0.2) is 48.5 Å². The highest BCUT2D eigenvalue weighted by Crippen LogP contribution is 2.69. The maximum atomic E-state index is 12.4.